The summed E-state index contributed by atoms with van der Waals surface area (Å²) in [5.74, 6) is 0.228. The number of Topliss-reactive ketones (excluding diaryl/α,β-unsaturated/α-hetero) is 1. The summed E-state index contributed by atoms with van der Waals surface area (Å²) in [6.45, 7) is 4.56. The number of ketones is 1. The Kier molecular flexibility index (Phi) is 3.82. The van der Waals surface area contributed by atoms with Gasteiger partial charge < -0.3 is 10.2 Å². The summed E-state index contributed by atoms with van der Waals surface area (Å²) in [5, 5.41) is 3.34. The van der Waals surface area contributed by atoms with Crippen LogP contribution in [0, 0.1) is 0 Å². The van der Waals surface area contributed by atoms with Crippen molar-refractivity contribution in [3.05, 3.63) is 60.2 Å². The predicted molar refractivity (Wildman–Crippen MR) is 91.8 cm³/mol. The molecule has 112 valence electrons. The Morgan fingerprint density at radius 2 is 1.82 bits per heavy atom. The summed E-state index contributed by atoms with van der Waals surface area (Å²) in [6.07, 6.45) is 0.467. The number of carbonyl (C=O) groups is 1. The molecule has 3 heteroatoms. The number of anilines is 1. The Morgan fingerprint density at radius 3 is 2.55 bits per heavy atom. The number of nitrogens with one attached hydrogen (secondary N) is 1. The molecule has 2 aromatic rings. The van der Waals surface area contributed by atoms with E-state index in [2.05, 4.69) is 30.1 Å². The highest BCUT2D eigenvalue weighted by Gasteiger charge is 2.18. The average Bonchev–Trinajstić information content (AvgIpc) is 2.47. The Balaban J connectivity index is 1.95. The number of benzene rings is 2. The first kappa shape index (κ1) is 14.5. The molecule has 0 saturated carbocycles. The van der Waals surface area contributed by atoms with Crippen LogP contribution in [0.4, 0.5) is 5.69 Å². The van der Waals surface area contributed by atoms with Crippen molar-refractivity contribution < 1.29 is 4.79 Å². The number of hydrogen-bond donors (Lipinski definition) is 1. The third-order valence-electron chi connectivity index (χ3n) is 3.81. The highest BCUT2D eigenvalue weighted by atomic mass is 16.1. The summed E-state index contributed by atoms with van der Waals surface area (Å²) in [6, 6.07) is 14.4. The number of hydrogen-bond acceptors (Lipinski definition) is 3. The van der Waals surface area contributed by atoms with Gasteiger partial charge in [0.2, 0.25) is 0 Å². The minimum absolute atomic E-state index is 0.228. The van der Waals surface area contributed by atoms with E-state index in [-0.39, 0.29) is 5.78 Å². The van der Waals surface area contributed by atoms with Crippen LogP contribution < -0.4 is 5.32 Å². The fraction of sp³-hybridized carbons (Fsp3) is 0.211. The molecule has 3 nitrogen and oxygen atoms in total. The van der Waals surface area contributed by atoms with Crippen LogP contribution in [0.3, 0.4) is 0 Å². The number of likely N-dealkylation sites (N-methyl/N-ethyl adjacent to an activating group) is 1. The summed E-state index contributed by atoms with van der Waals surface area (Å²) in [5.41, 5.74) is 6.44. The van der Waals surface area contributed by atoms with E-state index < -0.39 is 0 Å². The first-order valence-corrected chi connectivity index (χ1v) is 7.39. The van der Waals surface area contributed by atoms with Crippen molar-refractivity contribution in [2.24, 2.45) is 0 Å². The zero-order chi connectivity index (χ0) is 15.7. The van der Waals surface area contributed by atoms with Gasteiger partial charge in [0, 0.05) is 28.9 Å². The smallest absolute Gasteiger partial charge is 0.151 e. The molecule has 0 bridgehead atoms. The maximum atomic E-state index is 12.0. The van der Waals surface area contributed by atoms with Crippen molar-refractivity contribution in [1.29, 1.82) is 0 Å². The fourth-order valence-corrected chi connectivity index (χ4v) is 2.88. The molecule has 1 aliphatic heterocycles. The van der Waals surface area contributed by atoms with E-state index in [9.17, 15) is 4.79 Å². The van der Waals surface area contributed by atoms with Gasteiger partial charge in [-0.1, -0.05) is 36.9 Å². The van der Waals surface area contributed by atoms with E-state index in [0.29, 0.717) is 13.0 Å². The largest absolute Gasteiger partial charge is 0.355 e. The summed E-state index contributed by atoms with van der Waals surface area (Å²) < 4.78 is 0. The van der Waals surface area contributed by atoms with Crippen LogP contribution in [-0.4, -0.2) is 31.3 Å². The summed E-state index contributed by atoms with van der Waals surface area (Å²) in [4.78, 5) is 13.9. The second-order valence-electron chi connectivity index (χ2n) is 5.98. The van der Waals surface area contributed by atoms with Crippen molar-refractivity contribution >= 4 is 17.2 Å². The molecule has 0 saturated heterocycles. The molecular weight excluding hydrogens is 272 g/mol. The van der Waals surface area contributed by atoms with Crippen molar-refractivity contribution in [2.45, 2.75) is 6.42 Å². The van der Waals surface area contributed by atoms with Gasteiger partial charge in [-0.05, 0) is 37.4 Å². The molecular formula is C19H20N2O. The Bertz CT molecular complexity index is 747. The van der Waals surface area contributed by atoms with Crippen molar-refractivity contribution in [3.8, 4) is 11.1 Å². The maximum absolute atomic E-state index is 12.0. The summed E-state index contributed by atoms with van der Waals surface area (Å²) >= 11 is 0. The standard InChI is InChI=1S/C19H20N2O/c1-13-16-6-4-5-7-17(16)18-11-14(8-9-19(18)20-13)10-15(22)12-21(2)3/h4-9,11,20H,1,10,12H2,2-3H3. The van der Waals surface area contributed by atoms with E-state index in [4.69, 9.17) is 0 Å². The van der Waals surface area contributed by atoms with Gasteiger partial charge in [0.1, 0.15) is 0 Å². The van der Waals surface area contributed by atoms with Crippen LogP contribution in [0.5, 0.6) is 0 Å². The maximum Gasteiger partial charge on any atom is 0.151 e. The van der Waals surface area contributed by atoms with E-state index in [0.717, 1.165) is 28.1 Å². The molecule has 0 spiro atoms. The molecule has 0 amide bonds. The van der Waals surface area contributed by atoms with Gasteiger partial charge in [-0.15, -0.1) is 0 Å². The van der Waals surface area contributed by atoms with E-state index >= 15 is 0 Å². The number of carbonyl (C=O) groups excluding carboxylic acids is 1. The van der Waals surface area contributed by atoms with Crippen LogP contribution >= 0.6 is 0 Å². The van der Waals surface area contributed by atoms with Crippen LogP contribution in [0.2, 0.25) is 0 Å². The normalized spacial score (nSPS) is 12.6. The number of fused-ring (bicyclic) bond motifs is 3. The van der Waals surface area contributed by atoms with Gasteiger partial charge in [0.25, 0.3) is 0 Å². The average molecular weight is 292 g/mol. The van der Waals surface area contributed by atoms with Crippen LogP contribution in [-0.2, 0) is 11.2 Å². The molecule has 2 aromatic carbocycles. The molecule has 0 atom stereocenters. The van der Waals surface area contributed by atoms with Gasteiger partial charge in [-0.3, -0.25) is 4.79 Å². The third kappa shape index (κ3) is 2.81. The second kappa shape index (κ2) is 5.78. The highest BCUT2D eigenvalue weighted by Crippen LogP contribution is 2.39. The molecule has 1 aliphatic rings. The Labute approximate surface area is 131 Å². The molecule has 0 aliphatic carbocycles. The fourth-order valence-electron chi connectivity index (χ4n) is 2.88. The molecule has 22 heavy (non-hydrogen) atoms. The van der Waals surface area contributed by atoms with E-state index in [1.807, 2.05) is 43.3 Å². The molecule has 0 aromatic heterocycles. The summed E-state index contributed by atoms with van der Waals surface area (Å²) in [7, 11) is 3.83. The molecule has 0 radical (unpaired) electrons. The third-order valence-corrected chi connectivity index (χ3v) is 3.81. The first-order valence-electron chi connectivity index (χ1n) is 7.39. The molecule has 3 rings (SSSR count). The van der Waals surface area contributed by atoms with Crippen LogP contribution in [0.25, 0.3) is 16.8 Å². The Morgan fingerprint density at radius 1 is 1.09 bits per heavy atom. The van der Waals surface area contributed by atoms with Gasteiger partial charge in [0.05, 0.1) is 6.54 Å². The van der Waals surface area contributed by atoms with Gasteiger partial charge in [0.15, 0.2) is 5.78 Å². The monoisotopic (exact) mass is 292 g/mol. The molecule has 1 heterocycles. The molecule has 0 unspecified atom stereocenters. The zero-order valence-electron chi connectivity index (χ0n) is 13.0. The highest BCUT2D eigenvalue weighted by molar-refractivity contribution is 5.97. The quantitative estimate of drug-likeness (QED) is 0.937. The first-order chi connectivity index (χ1) is 10.5. The number of rotatable bonds is 4. The minimum Gasteiger partial charge on any atom is -0.355 e. The van der Waals surface area contributed by atoms with E-state index in [1.165, 1.54) is 5.56 Å². The Hall–Kier alpha value is -2.39. The van der Waals surface area contributed by atoms with Crippen molar-refractivity contribution in [2.75, 3.05) is 26.0 Å². The van der Waals surface area contributed by atoms with Gasteiger partial charge in [-0.2, -0.15) is 0 Å². The lowest BCUT2D eigenvalue weighted by atomic mass is 9.91. The van der Waals surface area contributed by atoms with Gasteiger partial charge >= 0.3 is 0 Å². The lowest BCUT2D eigenvalue weighted by molar-refractivity contribution is -0.119. The van der Waals surface area contributed by atoms with Crippen LogP contribution in [0.1, 0.15) is 11.1 Å². The zero-order valence-corrected chi connectivity index (χ0v) is 13.0. The topological polar surface area (TPSA) is 32.3 Å². The van der Waals surface area contributed by atoms with Crippen molar-refractivity contribution in [3.63, 3.8) is 0 Å². The van der Waals surface area contributed by atoms with Crippen molar-refractivity contribution in [1.82, 2.24) is 4.90 Å². The van der Waals surface area contributed by atoms with Crippen LogP contribution in [0.15, 0.2) is 49.0 Å². The SMILES string of the molecule is C=C1Nc2ccc(CC(=O)CN(C)C)cc2-c2ccccc21. The number of nitrogens with zero attached hydrogens (tertiary/aromatic N) is 1. The lowest BCUT2D eigenvalue weighted by Crippen LogP contribution is -2.23. The molecule has 1 N–H and O–H groups in total. The minimum atomic E-state index is 0.228. The van der Waals surface area contributed by atoms with Gasteiger partial charge in [-0.25, -0.2) is 0 Å². The molecule has 0 fully saturated rings. The van der Waals surface area contributed by atoms with E-state index in [1.54, 1.807) is 0 Å². The second-order valence-corrected chi connectivity index (χ2v) is 5.98. The predicted octanol–water partition coefficient (Wildman–Crippen LogP) is 3.42. The lowest BCUT2D eigenvalue weighted by Gasteiger charge is -2.24.